The van der Waals surface area contributed by atoms with Gasteiger partial charge in [-0.3, -0.25) is 4.68 Å². The zero-order valence-electron chi connectivity index (χ0n) is 10.1. The first kappa shape index (κ1) is 13.5. The van der Waals surface area contributed by atoms with Crippen LogP contribution >= 0.6 is 22.9 Å². The van der Waals surface area contributed by atoms with Gasteiger partial charge in [-0.25, -0.2) is 4.98 Å². The molecule has 0 aliphatic heterocycles. The number of nitrogens with zero attached hydrogens (tertiary/aromatic N) is 3. The SMILES string of the molecule is COCCn1ncc(Cl)c1C(O)c1csc(C)n1. The second-order valence-corrected chi connectivity index (χ2v) is 5.26. The standard InChI is InChI=1S/C11H14ClN3O2S/c1-7-14-9(6-18-7)11(16)10-8(12)5-13-15(10)3-4-17-2/h5-6,11,16H,3-4H2,1-2H3. The lowest BCUT2D eigenvalue weighted by Gasteiger charge is -2.12. The van der Waals surface area contributed by atoms with E-state index in [2.05, 4.69) is 10.1 Å². The highest BCUT2D eigenvalue weighted by Gasteiger charge is 2.21. The highest BCUT2D eigenvalue weighted by atomic mass is 35.5. The van der Waals surface area contributed by atoms with Gasteiger partial charge in [-0.2, -0.15) is 5.10 Å². The molecule has 0 aliphatic rings. The molecule has 0 bridgehead atoms. The van der Waals surface area contributed by atoms with Gasteiger partial charge in [-0.15, -0.1) is 11.3 Å². The monoisotopic (exact) mass is 287 g/mol. The Morgan fingerprint density at radius 1 is 1.61 bits per heavy atom. The minimum absolute atomic E-state index is 0.434. The van der Waals surface area contributed by atoms with E-state index in [1.54, 1.807) is 11.8 Å². The minimum atomic E-state index is -0.859. The minimum Gasteiger partial charge on any atom is -0.383 e. The van der Waals surface area contributed by atoms with E-state index in [1.165, 1.54) is 17.5 Å². The van der Waals surface area contributed by atoms with Crippen LogP contribution in [0.15, 0.2) is 11.6 Å². The van der Waals surface area contributed by atoms with Crippen molar-refractivity contribution in [2.24, 2.45) is 0 Å². The fourth-order valence-corrected chi connectivity index (χ4v) is 2.52. The third kappa shape index (κ3) is 2.72. The molecule has 18 heavy (non-hydrogen) atoms. The van der Waals surface area contributed by atoms with Gasteiger partial charge in [-0.1, -0.05) is 11.6 Å². The molecule has 7 heteroatoms. The normalized spacial score (nSPS) is 12.9. The van der Waals surface area contributed by atoms with Crippen molar-refractivity contribution < 1.29 is 9.84 Å². The summed E-state index contributed by atoms with van der Waals surface area (Å²) in [6, 6.07) is 0. The summed E-state index contributed by atoms with van der Waals surface area (Å²) in [5, 5.41) is 17.6. The van der Waals surface area contributed by atoms with E-state index >= 15 is 0 Å². The Hall–Kier alpha value is -0.950. The van der Waals surface area contributed by atoms with Crippen LogP contribution in [0.4, 0.5) is 0 Å². The van der Waals surface area contributed by atoms with Crippen molar-refractivity contribution in [3.63, 3.8) is 0 Å². The summed E-state index contributed by atoms with van der Waals surface area (Å²) in [5.41, 5.74) is 1.15. The molecule has 0 aromatic carbocycles. The number of aryl methyl sites for hydroxylation is 1. The Morgan fingerprint density at radius 3 is 3.00 bits per heavy atom. The summed E-state index contributed by atoms with van der Waals surface area (Å²) in [7, 11) is 1.62. The molecule has 2 aromatic heterocycles. The predicted octanol–water partition coefficient (Wildman–Crippen LogP) is 2.03. The number of rotatable bonds is 5. The molecule has 2 aromatic rings. The Bertz CT molecular complexity index is 526. The van der Waals surface area contributed by atoms with E-state index in [-0.39, 0.29) is 0 Å². The summed E-state index contributed by atoms with van der Waals surface area (Å²) in [6.07, 6.45) is 0.663. The third-order valence-electron chi connectivity index (χ3n) is 2.52. The second kappa shape index (κ2) is 5.79. The molecular weight excluding hydrogens is 274 g/mol. The Balaban J connectivity index is 2.28. The first-order valence-corrected chi connectivity index (χ1v) is 6.69. The van der Waals surface area contributed by atoms with Gasteiger partial charge in [0.05, 0.1) is 40.8 Å². The molecule has 1 N–H and O–H groups in total. The summed E-state index contributed by atoms with van der Waals surface area (Å²) >= 11 is 7.56. The second-order valence-electron chi connectivity index (χ2n) is 3.79. The fraction of sp³-hybridized carbons (Fsp3) is 0.455. The lowest BCUT2D eigenvalue weighted by molar-refractivity contribution is 0.170. The molecule has 0 saturated carbocycles. The summed E-state index contributed by atoms with van der Waals surface area (Å²) in [6.45, 7) is 2.94. The first-order valence-electron chi connectivity index (χ1n) is 5.43. The number of thiazole rings is 1. The lowest BCUT2D eigenvalue weighted by atomic mass is 10.2. The molecule has 5 nitrogen and oxygen atoms in total. The van der Waals surface area contributed by atoms with Gasteiger partial charge in [0.2, 0.25) is 0 Å². The number of hydrogen-bond donors (Lipinski definition) is 1. The Morgan fingerprint density at radius 2 is 2.39 bits per heavy atom. The predicted molar refractivity (Wildman–Crippen MR) is 70.0 cm³/mol. The number of aliphatic hydroxyl groups is 1. The molecule has 98 valence electrons. The molecule has 2 heterocycles. The van der Waals surface area contributed by atoms with Crippen LogP contribution in [0.2, 0.25) is 5.02 Å². The maximum absolute atomic E-state index is 10.3. The van der Waals surface area contributed by atoms with Crippen molar-refractivity contribution in [1.82, 2.24) is 14.8 Å². The zero-order chi connectivity index (χ0) is 13.1. The number of aliphatic hydroxyl groups excluding tert-OH is 1. The van der Waals surface area contributed by atoms with Gasteiger partial charge in [0.1, 0.15) is 6.10 Å². The van der Waals surface area contributed by atoms with Crippen LogP contribution in [0, 0.1) is 6.92 Å². The number of halogens is 1. The van der Waals surface area contributed by atoms with Crippen LogP contribution in [-0.4, -0.2) is 33.6 Å². The van der Waals surface area contributed by atoms with Crippen molar-refractivity contribution in [2.75, 3.05) is 13.7 Å². The quantitative estimate of drug-likeness (QED) is 0.914. The third-order valence-corrected chi connectivity index (χ3v) is 3.60. The van der Waals surface area contributed by atoms with Crippen molar-refractivity contribution in [1.29, 1.82) is 0 Å². The van der Waals surface area contributed by atoms with Gasteiger partial charge in [0, 0.05) is 12.5 Å². The molecule has 0 radical (unpaired) electrons. The highest BCUT2D eigenvalue weighted by Crippen LogP contribution is 2.28. The summed E-state index contributed by atoms with van der Waals surface area (Å²) < 4.78 is 6.64. The van der Waals surface area contributed by atoms with E-state index in [0.717, 1.165) is 5.01 Å². The number of ether oxygens (including phenoxy) is 1. The average molecular weight is 288 g/mol. The lowest BCUT2D eigenvalue weighted by Crippen LogP contribution is -2.13. The summed E-state index contributed by atoms with van der Waals surface area (Å²) in [5.74, 6) is 0. The zero-order valence-corrected chi connectivity index (χ0v) is 11.7. The highest BCUT2D eigenvalue weighted by molar-refractivity contribution is 7.09. The van der Waals surface area contributed by atoms with Crippen molar-refractivity contribution >= 4 is 22.9 Å². The largest absolute Gasteiger partial charge is 0.383 e. The van der Waals surface area contributed by atoms with E-state index in [9.17, 15) is 5.11 Å². The number of hydrogen-bond acceptors (Lipinski definition) is 5. The van der Waals surface area contributed by atoms with Gasteiger partial charge < -0.3 is 9.84 Å². The molecule has 0 fully saturated rings. The van der Waals surface area contributed by atoms with Crippen molar-refractivity contribution in [3.8, 4) is 0 Å². The first-order chi connectivity index (χ1) is 8.63. The molecule has 0 spiro atoms. The molecule has 0 saturated heterocycles. The summed E-state index contributed by atoms with van der Waals surface area (Å²) in [4.78, 5) is 4.27. The average Bonchev–Trinajstić information content (AvgIpc) is 2.92. The van der Waals surface area contributed by atoms with Crippen LogP contribution in [-0.2, 0) is 11.3 Å². The maximum Gasteiger partial charge on any atom is 0.140 e. The van der Waals surface area contributed by atoms with Crippen LogP contribution < -0.4 is 0 Å². The Kier molecular flexibility index (Phi) is 4.34. The molecule has 1 unspecified atom stereocenters. The molecular formula is C11H14ClN3O2S. The van der Waals surface area contributed by atoms with Gasteiger partial charge in [0.15, 0.2) is 0 Å². The Labute approximate surface area is 114 Å². The van der Waals surface area contributed by atoms with E-state index in [4.69, 9.17) is 16.3 Å². The maximum atomic E-state index is 10.3. The van der Waals surface area contributed by atoms with Gasteiger partial charge >= 0.3 is 0 Å². The van der Waals surface area contributed by atoms with Crippen LogP contribution in [0.5, 0.6) is 0 Å². The molecule has 1 atom stereocenters. The van der Waals surface area contributed by atoms with Crippen molar-refractivity contribution in [3.05, 3.63) is 33.0 Å². The van der Waals surface area contributed by atoms with E-state index < -0.39 is 6.10 Å². The van der Waals surface area contributed by atoms with E-state index in [0.29, 0.717) is 29.6 Å². The van der Waals surface area contributed by atoms with Crippen LogP contribution in [0.3, 0.4) is 0 Å². The van der Waals surface area contributed by atoms with Crippen molar-refractivity contribution in [2.45, 2.75) is 19.6 Å². The van der Waals surface area contributed by atoms with E-state index in [1.807, 2.05) is 12.3 Å². The molecule has 0 amide bonds. The topological polar surface area (TPSA) is 60.2 Å². The molecule has 2 rings (SSSR count). The smallest absolute Gasteiger partial charge is 0.140 e. The van der Waals surface area contributed by atoms with Gasteiger partial charge in [0.25, 0.3) is 0 Å². The number of methoxy groups -OCH3 is 1. The fourth-order valence-electron chi connectivity index (χ4n) is 1.65. The molecule has 0 aliphatic carbocycles. The number of aromatic nitrogens is 3. The van der Waals surface area contributed by atoms with Crippen LogP contribution in [0.1, 0.15) is 22.5 Å². The van der Waals surface area contributed by atoms with Gasteiger partial charge in [-0.05, 0) is 6.92 Å². The van der Waals surface area contributed by atoms with Crippen LogP contribution in [0.25, 0.3) is 0 Å².